The number of hydrogen-bond acceptors (Lipinski definition) is 4. The lowest BCUT2D eigenvalue weighted by Gasteiger charge is -2.19. The molecule has 1 aliphatic heterocycles. The Kier molecular flexibility index (Phi) is 5.57. The van der Waals surface area contributed by atoms with Crippen LogP contribution in [0.25, 0.3) is 17.1 Å². The minimum Gasteiger partial charge on any atom is -0.386 e. The summed E-state index contributed by atoms with van der Waals surface area (Å²) in [6.07, 6.45) is 1.94. The minimum atomic E-state index is -0.988. The fourth-order valence-electron chi connectivity index (χ4n) is 4.05. The molecule has 1 saturated heterocycles. The Hall–Kier alpha value is -3.50. The third-order valence-electron chi connectivity index (χ3n) is 5.88. The van der Waals surface area contributed by atoms with Crippen LogP contribution in [0, 0.1) is 24.1 Å². The number of nitrogens with zero attached hydrogens (tertiary/aromatic N) is 4. The number of halogens is 1. The summed E-state index contributed by atoms with van der Waals surface area (Å²) in [6.45, 7) is 6.65. The fraction of sp³-hybridized carbons (Fsp3) is 0.320. The molecule has 0 radical (unpaired) electrons. The van der Waals surface area contributed by atoms with E-state index in [2.05, 4.69) is 4.98 Å². The SMILES string of the molecule is Cc1c(C(=O)N2CCCC2)nc(-c2ccc(C#N)c(F)c2)n1-c1ccc(C(C)(C)O)cc1. The van der Waals surface area contributed by atoms with Gasteiger partial charge in [-0.05, 0) is 69.5 Å². The molecular formula is C25H25FN4O2. The molecule has 7 heteroatoms. The van der Waals surface area contributed by atoms with E-state index < -0.39 is 11.4 Å². The Bertz CT molecular complexity index is 1210. The van der Waals surface area contributed by atoms with Crippen molar-refractivity contribution in [2.75, 3.05) is 13.1 Å². The number of hydrogen-bond donors (Lipinski definition) is 1. The maximum absolute atomic E-state index is 14.4. The fourth-order valence-corrected chi connectivity index (χ4v) is 4.05. The molecule has 0 spiro atoms. The van der Waals surface area contributed by atoms with Crippen LogP contribution >= 0.6 is 0 Å². The molecule has 1 N–H and O–H groups in total. The monoisotopic (exact) mass is 432 g/mol. The van der Waals surface area contributed by atoms with E-state index in [0.29, 0.717) is 35.9 Å². The van der Waals surface area contributed by atoms with Crippen LogP contribution in [0.15, 0.2) is 42.5 Å². The van der Waals surface area contributed by atoms with Crippen molar-refractivity contribution in [2.24, 2.45) is 0 Å². The summed E-state index contributed by atoms with van der Waals surface area (Å²) in [7, 11) is 0. The van der Waals surface area contributed by atoms with Gasteiger partial charge in [-0.3, -0.25) is 9.36 Å². The first-order chi connectivity index (χ1) is 15.2. The third kappa shape index (κ3) is 3.90. The van der Waals surface area contributed by atoms with Gasteiger partial charge in [-0.25, -0.2) is 9.37 Å². The van der Waals surface area contributed by atoms with Crippen LogP contribution in [0.4, 0.5) is 4.39 Å². The zero-order valence-electron chi connectivity index (χ0n) is 18.4. The van der Waals surface area contributed by atoms with Crippen molar-refractivity contribution in [2.45, 2.75) is 39.2 Å². The molecule has 3 aromatic rings. The van der Waals surface area contributed by atoms with Gasteiger partial charge < -0.3 is 10.0 Å². The highest BCUT2D eigenvalue weighted by atomic mass is 19.1. The van der Waals surface area contributed by atoms with Gasteiger partial charge in [0.15, 0.2) is 0 Å². The summed E-state index contributed by atoms with van der Waals surface area (Å²) in [5.41, 5.74) is 1.90. The molecule has 0 aliphatic carbocycles. The van der Waals surface area contributed by atoms with Crippen LogP contribution < -0.4 is 0 Å². The van der Waals surface area contributed by atoms with Gasteiger partial charge in [0, 0.05) is 24.3 Å². The number of aliphatic hydroxyl groups is 1. The topological polar surface area (TPSA) is 82.2 Å². The highest BCUT2D eigenvalue weighted by Crippen LogP contribution is 2.30. The summed E-state index contributed by atoms with van der Waals surface area (Å²) >= 11 is 0. The molecule has 2 heterocycles. The van der Waals surface area contributed by atoms with Crippen molar-refractivity contribution < 1.29 is 14.3 Å². The largest absolute Gasteiger partial charge is 0.386 e. The molecule has 1 aromatic heterocycles. The number of rotatable bonds is 4. The van der Waals surface area contributed by atoms with Crippen molar-refractivity contribution in [3.63, 3.8) is 0 Å². The summed E-state index contributed by atoms with van der Waals surface area (Å²) in [5.74, 6) is -0.353. The van der Waals surface area contributed by atoms with Gasteiger partial charge in [0.25, 0.3) is 5.91 Å². The van der Waals surface area contributed by atoms with Crippen LogP contribution in [0.1, 0.15) is 54.0 Å². The van der Waals surface area contributed by atoms with Crippen molar-refractivity contribution in [3.05, 3.63) is 70.8 Å². The molecule has 0 atom stereocenters. The second kappa shape index (κ2) is 8.21. The van der Waals surface area contributed by atoms with Gasteiger partial charge in [-0.2, -0.15) is 5.26 Å². The Balaban J connectivity index is 1.88. The first-order valence-electron chi connectivity index (χ1n) is 10.6. The van der Waals surface area contributed by atoms with E-state index in [1.165, 1.54) is 12.1 Å². The molecule has 32 heavy (non-hydrogen) atoms. The zero-order valence-corrected chi connectivity index (χ0v) is 18.4. The number of carbonyl (C=O) groups excluding carboxylic acids is 1. The summed E-state index contributed by atoms with van der Waals surface area (Å²) in [6, 6.07) is 13.5. The van der Waals surface area contributed by atoms with Crippen molar-refractivity contribution in [3.8, 4) is 23.1 Å². The van der Waals surface area contributed by atoms with Gasteiger partial charge in [-0.15, -0.1) is 0 Å². The predicted molar refractivity (Wildman–Crippen MR) is 119 cm³/mol. The van der Waals surface area contributed by atoms with E-state index in [1.807, 2.05) is 41.8 Å². The summed E-state index contributed by atoms with van der Waals surface area (Å²) < 4.78 is 16.2. The summed E-state index contributed by atoms with van der Waals surface area (Å²) in [5, 5.41) is 19.3. The van der Waals surface area contributed by atoms with Crippen LogP contribution in [0.3, 0.4) is 0 Å². The molecule has 4 rings (SSSR count). The number of imidazole rings is 1. The van der Waals surface area contributed by atoms with Gasteiger partial charge in [0.2, 0.25) is 0 Å². The van der Waals surface area contributed by atoms with E-state index in [1.54, 1.807) is 24.8 Å². The lowest BCUT2D eigenvalue weighted by molar-refractivity contribution is 0.0780. The summed E-state index contributed by atoms with van der Waals surface area (Å²) in [4.78, 5) is 19.6. The molecule has 1 amide bonds. The average molecular weight is 432 g/mol. The maximum atomic E-state index is 14.4. The minimum absolute atomic E-state index is 0.0496. The van der Waals surface area contributed by atoms with Gasteiger partial charge in [0.05, 0.1) is 16.9 Å². The molecule has 1 fully saturated rings. The molecule has 6 nitrogen and oxygen atoms in total. The van der Waals surface area contributed by atoms with E-state index in [0.717, 1.165) is 24.1 Å². The standard InChI is InChI=1S/C25H25FN4O2/c1-16-22(24(31)29-12-4-5-13-29)28-23(17-6-7-18(15-27)21(26)14-17)30(16)20-10-8-19(9-11-20)25(2,3)32/h6-11,14,32H,4-5,12-13H2,1-3H3. The Labute approximate surface area is 186 Å². The quantitative estimate of drug-likeness (QED) is 0.666. The highest BCUT2D eigenvalue weighted by molar-refractivity contribution is 5.94. The third-order valence-corrected chi connectivity index (χ3v) is 5.88. The number of nitriles is 1. The smallest absolute Gasteiger partial charge is 0.274 e. The normalized spacial score (nSPS) is 13.9. The van der Waals surface area contributed by atoms with E-state index >= 15 is 0 Å². The second-order valence-corrected chi connectivity index (χ2v) is 8.62. The van der Waals surface area contributed by atoms with Gasteiger partial charge >= 0.3 is 0 Å². The van der Waals surface area contributed by atoms with Gasteiger partial charge in [0.1, 0.15) is 23.4 Å². The van der Waals surface area contributed by atoms with Crippen molar-refractivity contribution in [1.29, 1.82) is 5.26 Å². The molecular weight excluding hydrogens is 407 g/mol. The lowest BCUT2D eigenvalue weighted by atomic mass is 9.98. The molecule has 0 bridgehead atoms. The predicted octanol–water partition coefficient (Wildman–Crippen LogP) is 4.32. The highest BCUT2D eigenvalue weighted by Gasteiger charge is 2.27. The van der Waals surface area contributed by atoms with Crippen LogP contribution in [0.5, 0.6) is 0 Å². The van der Waals surface area contributed by atoms with Crippen LogP contribution in [0.2, 0.25) is 0 Å². The Morgan fingerprint density at radius 1 is 1.16 bits per heavy atom. The Morgan fingerprint density at radius 2 is 1.81 bits per heavy atom. The van der Waals surface area contributed by atoms with E-state index in [-0.39, 0.29) is 11.5 Å². The average Bonchev–Trinajstić information content (AvgIpc) is 3.41. The second-order valence-electron chi connectivity index (χ2n) is 8.62. The Morgan fingerprint density at radius 3 is 2.38 bits per heavy atom. The number of amides is 1. The zero-order chi connectivity index (χ0) is 23.0. The maximum Gasteiger partial charge on any atom is 0.274 e. The van der Waals surface area contributed by atoms with Crippen LogP contribution in [-0.2, 0) is 5.60 Å². The number of likely N-dealkylation sites (tertiary alicyclic amines) is 1. The number of benzene rings is 2. The molecule has 1 aliphatic rings. The molecule has 0 saturated carbocycles. The van der Waals surface area contributed by atoms with Crippen molar-refractivity contribution >= 4 is 5.91 Å². The number of carbonyl (C=O) groups is 1. The first kappa shape index (κ1) is 21.7. The molecule has 0 unspecified atom stereocenters. The van der Waals surface area contributed by atoms with Crippen molar-refractivity contribution in [1.82, 2.24) is 14.5 Å². The van der Waals surface area contributed by atoms with Crippen LogP contribution in [-0.4, -0.2) is 38.6 Å². The van der Waals surface area contributed by atoms with Gasteiger partial charge in [-0.1, -0.05) is 12.1 Å². The van der Waals surface area contributed by atoms with E-state index in [4.69, 9.17) is 5.26 Å². The molecule has 164 valence electrons. The first-order valence-corrected chi connectivity index (χ1v) is 10.6. The van der Waals surface area contributed by atoms with E-state index in [9.17, 15) is 14.3 Å². The lowest BCUT2D eigenvalue weighted by Crippen LogP contribution is -2.28. The molecule has 2 aromatic carbocycles. The number of aromatic nitrogens is 2.